The van der Waals surface area contributed by atoms with Gasteiger partial charge >= 0.3 is 5.97 Å². The monoisotopic (exact) mass is 225 g/mol. The maximum atomic E-state index is 10.8. The Balaban J connectivity index is 3.44. The van der Waals surface area contributed by atoms with Crippen molar-refractivity contribution >= 4 is 5.97 Å². The Morgan fingerprint density at radius 2 is 2.06 bits per heavy atom. The molecule has 16 heavy (non-hydrogen) atoms. The van der Waals surface area contributed by atoms with Crippen molar-refractivity contribution in [1.29, 1.82) is 0 Å². The minimum Gasteiger partial charge on any atom is -0.507 e. The Hall–Kier alpha value is -1.75. The summed E-state index contributed by atoms with van der Waals surface area (Å²) in [7, 11) is 1.41. The van der Waals surface area contributed by atoms with Crippen LogP contribution in [0.2, 0.25) is 0 Å². The third-order valence-corrected chi connectivity index (χ3v) is 2.51. The van der Waals surface area contributed by atoms with Crippen LogP contribution >= 0.6 is 0 Å². The second-order valence-electron chi connectivity index (χ2n) is 3.61. The zero-order valence-electron chi connectivity index (χ0n) is 9.44. The molecule has 0 heterocycles. The Morgan fingerprint density at radius 1 is 1.50 bits per heavy atom. The highest BCUT2D eigenvalue weighted by Crippen LogP contribution is 2.36. The van der Waals surface area contributed by atoms with Crippen LogP contribution in [0.5, 0.6) is 11.5 Å². The van der Waals surface area contributed by atoms with Gasteiger partial charge in [-0.25, -0.2) is 0 Å². The van der Waals surface area contributed by atoms with Crippen LogP contribution in [0.4, 0.5) is 0 Å². The van der Waals surface area contributed by atoms with Gasteiger partial charge in [-0.3, -0.25) is 4.79 Å². The van der Waals surface area contributed by atoms with Crippen LogP contribution in [0.15, 0.2) is 6.07 Å². The second-order valence-corrected chi connectivity index (χ2v) is 3.61. The normalized spacial score (nSPS) is 12.2. The molecule has 0 radical (unpaired) electrons. The number of carbonyl (C=O) groups is 1. The molecule has 0 bridgehead atoms. The Morgan fingerprint density at radius 3 is 2.50 bits per heavy atom. The van der Waals surface area contributed by atoms with Crippen molar-refractivity contribution in [2.45, 2.75) is 19.9 Å². The van der Waals surface area contributed by atoms with E-state index in [0.717, 1.165) is 0 Å². The summed E-state index contributed by atoms with van der Waals surface area (Å²) in [5.74, 6) is -0.723. The number of hydrogen-bond acceptors (Lipinski definition) is 4. The number of rotatable bonds is 3. The van der Waals surface area contributed by atoms with Crippen molar-refractivity contribution in [3.63, 3.8) is 0 Å². The first-order valence-corrected chi connectivity index (χ1v) is 4.75. The van der Waals surface area contributed by atoms with Gasteiger partial charge in [-0.1, -0.05) is 0 Å². The third-order valence-electron chi connectivity index (χ3n) is 2.51. The van der Waals surface area contributed by atoms with Crippen molar-refractivity contribution < 1.29 is 19.7 Å². The van der Waals surface area contributed by atoms with Crippen LogP contribution < -0.4 is 10.5 Å². The molecule has 5 nitrogen and oxygen atoms in total. The number of phenols is 1. The smallest absolute Gasteiger partial charge is 0.325 e. The molecule has 88 valence electrons. The van der Waals surface area contributed by atoms with Crippen molar-refractivity contribution in [3.8, 4) is 11.5 Å². The number of carboxylic acid groups (broad SMARTS) is 1. The van der Waals surface area contributed by atoms with Gasteiger partial charge in [0, 0.05) is 11.1 Å². The average molecular weight is 225 g/mol. The second kappa shape index (κ2) is 4.40. The number of methoxy groups -OCH3 is 1. The molecule has 1 atom stereocenters. The molecular formula is C11H15NO4. The van der Waals surface area contributed by atoms with Crippen molar-refractivity contribution in [2.75, 3.05) is 7.11 Å². The molecule has 1 unspecified atom stereocenters. The summed E-state index contributed by atoms with van der Waals surface area (Å²) < 4.78 is 5.08. The zero-order chi connectivity index (χ0) is 12.5. The number of aliphatic carboxylic acids is 1. The highest BCUT2D eigenvalue weighted by Gasteiger charge is 2.22. The summed E-state index contributed by atoms with van der Waals surface area (Å²) in [5, 5.41) is 18.6. The Bertz CT molecular complexity index is 428. The summed E-state index contributed by atoms with van der Waals surface area (Å²) in [6.07, 6.45) is 0. The number of aryl methyl sites for hydroxylation is 1. The standard InChI is InChI=1S/C11H15NO4/c1-5-4-7(8(12)11(14)15)10(16-3)6(2)9(5)13/h4,8,13H,12H2,1-3H3,(H,14,15). The lowest BCUT2D eigenvalue weighted by molar-refractivity contribution is -0.138. The lowest BCUT2D eigenvalue weighted by Crippen LogP contribution is -2.21. The van der Waals surface area contributed by atoms with E-state index in [2.05, 4.69) is 0 Å². The number of aromatic hydroxyl groups is 1. The van der Waals surface area contributed by atoms with Crippen LogP contribution in [0.1, 0.15) is 22.7 Å². The summed E-state index contributed by atoms with van der Waals surface area (Å²) in [4.78, 5) is 10.8. The van der Waals surface area contributed by atoms with E-state index in [-0.39, 0.29) is 5.75 Å². The van der Waals surface area contributed by atoms with E-state index in [1.807, 2.05) is 0 Å². The fourth-order valence-electron chi connectivity index (χ4n) is 1.62. The molecular weight excluding hydrogens is 210 g/mol. The summed E-state index contributed by atoms with van der Waals surface area (Å²) >= 11 is 0. The van der Waals surface area contributed by atoms with Crippen LogP contribution in [-0.2, 0) is 4.79 Å². The van der Waals surface area contributed by atoms with E-state index in [1.54, 1.807) is 13.8 Å². The lowest BCUT2D eigenvalue weighted by Gasteiger charge is -2.17. The molecule has 0 aliphatic rings. The number of carboxylic acids is 1. The number of hydrogen-bond donors (Lipinski definition) is 3. The van der Waals surface area contributed by atoms with Crippen LogP contribution in [0, 0.1) is 13.8 Å². The summed E-state index contributed by atoms with van der Waals surface area (Å²) in [6.45, 7) is 3.33. The minimum absolute atomic E-state index is 0.0955. The molecule has 0 aliphatic carbocycles. The molecule has 0 aliphatic heterocycles. The molecule has 0 spiro atoms. The number of benzene rings is 1. The van der Waals surface area contributed by atoms with Gasteiger partial charge in [0.1, 0.15) is 17.5 Å². The predicted molar refractivity (Wildman–Crippen MR) is 58.7 cm³/mol. The lowest BCUT2D eigenvalue weighted by atomic mass is 9.99. The van der Waals surface area contributed by atoms with E-state index in [1.165, 1.54) is 13.2 Å². The topological polar surface area (TPSA) is 92.8 Å². The van der Waals surface area contributed by atoms with Gasteiger partial charge in [-0.15, -0.1) is 0 Å². The molecule has 0 amide bonds. The molecule has 0 saturated carbocycles. The average Bonchev–Trinajstić information content (AvgIpc) is 2.24. The van der Waals surface area contributed by atoms with Crippen LogP contribution in [0.3, 0.4) is 0 Å². The largest absolute Gasteiger partial charge is 0.507 e. The first-order chi connectivity index (χ1) is 7.40. The first kappa shape index (κ1) is 12.3. The highest BCUT2D eigenvalue weighted by molar-refractivity contribution is 5.77. The molecule has 4 N–H and O–H groups in total. The zero-order valence-corrected chi connectivity index (χ0v) is 9.44. The quantitative estimate of drug-likeness (QED) is 0.716. The van der Waals surface area contributed by atoms with E-state index in [9.17, 15) is 9.90 Å². The predicted octanol–water partition coefficient (Wildman–Crippen LogP) is 1.10. The molecule has 0 fully saturated rings. The molecule has 1 rings (SSSR count). The van der Waals surface area contributed by atoms with E-state index in [4.69, 9.17) is 15.6 Å². The number of ether oxygens (including phenoxy) is 1. The van der Waals surface area contributed by atoms with Gasteiger partial charge in [-0.2, -0.15) is 0 Å². The van der Waals surface area contributed by atoms with E-state index < -0.39 is 12.0 Å². The molecule has 0 aromatic heterocycles. The van der Waals surface area contributed by atoms with Gasteiger partial charge in [0.05, 0.1) is 7.11 Å². The van der Waals surface area contributed by atoms with E-state index in [0.29, 0.717) is 22.4 Å². The van der Waals surface area contributed by atoms with Crippen molar-refractivity contribution in [1.82, 2.24) is 0 Å². The molecule has 5 heteroatoms. The Labute approximate surface area is 93.5 Å². The number of nitrogens with two attached hydrogens (primary N) is 1. The molecule has 0 saturated heterocycles. The first-order valence-electron chi connectivity index (χ1n) is 4.75. The van der Waals surface area contributed by atoms with Gasteiger partial charge in [-0.05, 0) is 25.5 Å². The number of phenolic OH excluding ortho intramolecular Hbond substituents is 1. The van der Waals surface area contributed by atoms with E-state index >= 15 is 0 Å². The molecule has 1 aromatic carbocycles. The fourth-order valence-corrected chi connectivity index (χ4v) is 1.62. The maximum Gasteiger partial charge on any atom is 0.325 e. The summed E-state index contributed by atoms with van der Waals surface area (Å²) in [5.41, 5.74) is 6.97. The molecule has 1 aromatic rings. The third kappa shape index (κ3) is 1.94. The maximum absolute atomic E-state index is 10.8. The van der Waals surface area contributed by atoms with Gasteiger partial charge in [0.2, 0.25) is 0 Å². The van der Waals surface area contributed by atoms with Gasteiger partial charge in [0.25, 0.3) is 0 Å². The van der Waals surface area contributed by atoms with Gasteiger partial charge in [0.15, 0.2) is 0 Å². The van der Waals surface area contributed by atoms with Crippen molar-refractivity contribution in [2.24, 2.45) is 5.73 Å². The summed E-state index contributed by atoms with van der Waals surface area (Å²) in [6, 6.07) is 0.368. The SMILES string of the molecule is COc1c(C(N)C(=O)O)cc(C)c(O)c1C. The van der Waals surface area contributed by atoms with Crippen molar-refractivity contribution in [3.05, 3.63) is 22.8 Å². The minimum atomic E-state index is -1.16. The fraction of sp³-hybridized carbons (Fsp3) is 0.364. The van der Waals surface area contributed by atoms with Gasteiger partial charge < -0.3 is 20.7 Å². The van der Waals surface area contributed by atoms with Crippen LogP contribution in [0.25, 0.3) is 0 Å². The Kier molecular flexibility index (Phi) is 3.39. The highest BCUT2D eigenvalue weighted by atomic mass is 16.5. The van der Waals surface area contributed by atoms with Crippen LogP contribution in [-0.4, -0.2) is 23.3 Å².